The first-order valence-electron chi connectivity index (χ1n) is 8.98. The summed E-state index contributed by atoms with van der Waals surface area (Å²) < 4.78 is 0. The third-order valence-electron chi connectivity index (χ3n) is 4.63. The topological polar surface area (TPSA) is 47.3 Å². The molecule has 2 aromatic rings. The van der Waals surface area contributed by atoms with Crippen molar-refractivity contribution in [1.29, 1.82) is 5.26 Å². The minimum atomic E-state index is 0.270. The van der Waals surface area contributed by atoms with Crippen molar-refractivity contribution in [2.75, 3.05) is 0 Å². The predicted molar refractivity (Wildman–Crippen MR) is 102 cm³/mol. The maximum atomic E-state index is 10.1. The Hall–Kier alpha value is -2.31. The minimum absolute atomic E-state index is 0.270. The molecule has 0 bridgehead atoms. The van der Waals surface area contributed by atoms with E-state index >= 15 is 0 Å². The van der Waals surface area contributed by atoms with Gasteiger partial charge in [0.25, 0.3) is 0 Å². The number of hydrogen-bond acceptors (Lipinski definition) is 3. The molecule has 1 atom stereocenters. The van der Waals surface area contributed by atoms with Gasteiger partial charge in [-0.2, -0.15) is 5.26 Å². The molecule has 1 N–H and O–H groups in total. The molecule has 0 aliphatic rings. The summed E-state index contributed by atoms with van der Waals surface area (Å²) in [5.41, 5.74) is 2.72. The molecular formula is C22H28N2O. The fourth-order valence-corrected chi connectivity index (χ4v) is 3.63. The smallest absolute Gasteiger partial charge is 0.118 e. The maximum absolute atomic E-state index is 10.1. The molecule has 0 aromatic heterocycles. The van der Waals surface area contributed by atoms with Crippen molar-refractivity contribution >= 4 is 0 Å². The first kappa shape index (κ1) is 19.0. The van der Waals surface area contributed by atoms with E-state index in [1.54, 1.807) is 18.2 Å². The molecule has 0 amide bonds. The average molecular weight is 336 g/mol. The van der Waals surface area contributed by atoms with Gasteiger partial charge in [0.15, 0.2) is 0 Å². The highest BCUT2D eigenvalue weighted by Crippen LogP contribution is 2.31. The summed E-state index contributed by atoms with van der Waals surface area (Å²) in [7, 11) is 0. The minimum Gasteiger partial charge on any atom is -0.508 e. The highest BCUT2D eigenvalue weighted by molar-refractivity contribution is 5.41. The van der Waals surface area contributed by atoms with Crippen molar-refractivity contribution in [2.24, 2.45) is 0 Å². The zero-order chi connectivity index (χ0) is 18.4. The Morgan fingerprint density at radius 3 is 2.20 bits per heavy atom. The lowest BCUT2D eigenvalue weighted by Gasteiger charge is -2.38. The summed E-state index contributed by atoms with van der Waals surface area (Å²) in [6.07, 6.45) is 1.62. The summed E-state index contributed by atoms with van der Waals surface area (Å²) in [6, 6.07) is 18.9. The highest BCUT2D eigenvalue weighted by Gasteiger charge is 2.25. The number of phenols is 1. The summed E-state index contributed by atoms with van der Waals surface area (Å²) >= 11 is 0. The predicted octanol–water partition coefficient (Wildman–Crippen LogP) is 5.06. The first-order chi connectivity index (χ1) is 11.9. The van der Waals surface area contributed by atoms with Gasteiger partial charge in [-0.25, -0.2) is 0 Å². The molecule has 0 heterocycles. The number of phenolic OH excluding ortho intramolecular Hbond substituents is 1. The molecule has 0 spiro atoms. The number of aromatic hydroxyl groups is 1. The monoisotopic (exact) mass is 336 g/mol. The Labute approximate surface area is 151 Å². The standard InChI is InChI=1S/C22H28N2O/c1-16(2)24(17(3)4)21(19-8-6-5-7-9-19)12-11-20-14-18(15-23)10-13-22(20)25/h5-10,13-14,16-17,21,25H,11-12H2,1-4H3. The molecule has 1 unspecified atom stereocenters. The average Bonchev–Trinajstić information content (AvgIpc) is 2.59. The van der Waals surface area contributed by atoms with Crippen molar-refractivity contribution in [2.45, 2.75) is 58.7 Å². The van der Waals surface area contributed by atoms with Gasteiger partial charge < -0.3 is 5.11 Å². The van der Waals surface area contributed by atoms with Crippen molar-refractivity contribution in [1.82, 2.24) is 4.90 Å². The number of rotatable bonds is 7. The van der Waals surface area contributed by atoms with E-state index in [4.69, 9.17) is 5.26 Å². The molecule has 2 rings (SSSR count). The Bertz CT molecular complexity index is 709. The number of aryl methyl sites for hydroxylation is 1. The lowest BCUT2D eigenvalue weighted by Crippen LogP contribution is -2.40. The highest BCUT2D eigenvalue weighted by atomic mass is 16.3. The third-order valence-corrected chi connectivity index (χ3v) is 4.63. The van der Waals surface area contributed by atoms with Crippen LogP contribution in [0.4, 0.5) is 0 Å². The molecule has 25 heavy (non-hydrogen) atoms. The van der Waals surface area contributed by atoms with Crippen LogP contribution in [-0.2, 0) is 6.42 Å². The molecule has 0 fully saturated rings. The second-order valence-corrected chi connectivity index (χ2v) is 7.06. The van der Waals surface area contributed by atoms with Crippen LogP contribution in [0.25, 0.3) is 0 Å². The summed E-state index contributed by atoms with van der Waals surface area (Å²) in [5.74, 6) is 0.270. The molecule has 2 aromatic carbocycles. The van der Waals surface area contributed by atoms with E-state index < -0.39 is 0 Å². The van der Waals surface area contributed by atoms with Gasteiger partial charge >= 0.3 is 0 Å². The van der Waals surface area contributed by atoms with Gasteiger partial charge in [-0.3, -0.25) is 4.90 Å². The SMILES string of the molecule is CC(C)N(C(C)C)C(CCc1cc(C#N)ccc1O)c1ccccc1. The molecule has 0 aliphatic carbocycles. The van der Waals surface area contributed by atoms with Gasteiger partial charge in [0.2, 0.25) is 0 Å². The molecule has 0 radical (unpaired) electrons. The number of nitriles is 1. The summed E-state index contributed by atoms with van der Waals surface area (Å²) in [6.45, 7) is 8.90. The van der Waals surface area contributed by atoms with Gasteiger partial charge in [0.1, 0.15) is 5.75 Å². The Morgan fingerprint density at radius 1 is 1.00 bits per heavy atom. The largest absolute Gasteiger partial charge is 0.508 e. The van der Waals surface area contributed by atoms with E-state index in [0.29, 0.717) is 17.6 Å². The molecule has 0 saturated heterocycles. The van der Waals surface area contributed by atoms with Crippen LogP contribution in [0.5, 0.6) is 5.75 Å². The van der Waals surface area contributed by atoms with Crippen molar-refractivity contribution in [3.63, 3.8) is 0 Å². The number of nitrogens with zero attached hydrogens (tertiary/aromatic N) is 2. The first-order valence-corrected chi connectivity index (χ1v) is 8.98. The van der Waals surface area contributed by atoms with Crippen LogP contribution in [0.15, 0.2) is 48.5 Å². The fourth-order valence-electron chi connectivity index (χ4n) is 3.63. The quantitative estimate of drug-likeness (QED) is 0.769. The number of hydrogen-bond donors (Lipinski definition) is 1. The van der Waals surface area contributed by atoms with Crippen LogP contribution in [0.3, 0.4) is 0 Å². The van der Waals surface area contributed by atoms with E-state index in [0.717, 1.165) is 18.4 Å². The van der Waals surface area contributed by atoms with Crippen LogP contribution in [0.1, 0.15) is 56.8 Å². The van der Waals surface area contributed by atoms with E-state index in [2.05, 4.69) is 62.9 Å². The van der Waals surface area contributed by atoms with E-state index in [9.17, 15) is 5.11 Å². The normalized spacial score (nSPS) is 12.6. The second-order valence-electron chi connectivity index (χ2n) is 7.06. The van der Waals surface area contributed by atoms with Gasteiger partial charge in [-0.1, -0.05) is 30.3 Å². The molecule has 3 heteroatoms. The summed E-state index contributed by atoms with van der Waals surface area (Å²) in [4.78, 5) is 2.51. The maximum Gasteiger partial charge on any atom is 0.118 e. The zero-order valence-corrected chi connectivity index (χ0v) is 15.6. The van der Waals surface area contributed by atoms with E-state index in [-0.39, 0.29) is 11.8 Å². The Balaban J connectivity index is 2.30. The number of benzene rings is 2. The van der Waals surface area contributed by atoms with Crippen LogP contribution in [-0.4, -0.2) is 22.1 Å². The molecule has 3 nitrogen and oxygen atoms in total. The Morgan fingerprint density at radius 2 is 1.64 bits per heavy atom. The summed E-state index contributed by atoms with van der Waals surface area (Å²) in [5, 5.41) is 19.3. The second kappa shape index (κ2) is 8.69. The van der Waals surface area contributed by atoms with Crippen molar-refractivity contribution < 1.29 is 5.11 Å². The third kappa shape index (κ3) is 4.84. The van der Waals surface area contributed by atoms with Crippen LogP contribution < -0.4 is 0 Å². The molecular weight excluding hydrogens is 308 g/mol. The lowest BCUT2D eigenvalue weighted by atomic mass is 9.94. The Kier molecular flexibility index (Phi) is 6.61. The van der Waals surface area contributed by atoms with Gasteiger partial charge in [0.05, 0.1) is 11.6 Å². The van der Waals surface area contributed by atoms with Crippen LogP contribution >= 0.6 is 0 Å². The lowest BCUT2D eigenvalue weighted by molar-refractivity contribution is 0.106. The van der Waals surface area contributed by atoms with Crippen LogP contribution in [0, 0.1) is 11.3 Å². The van der Waals surface area contributed by atoms with Crippen LogP contribution in [0.2, 0.25) is 0 Å². The molecule has 132 valence electrons. The fraction of sp³-hybridized carbons (Fsp3) is 0.409. The van der Waals surface area contributed by atoms with Gasteiger partial charge in [-0.05, 0) is 69.9 Å². The van der Waals surface area contributed by atoms with Gasteiger partial charge in [-0.15, -0.1) is 0 Å². The van der Waals surface area contributed by atoms with Crippen molar-refractivity contribution in [3.05, 3.63) is 65.2 Å². The zero-order valence-electron chi connectivity index (χ0n) is 15.6. The van der Waals surface area contributed by atoms with Crippen molar-refractivity contribution in [3.8, 4) is 11.8 Å². The molecule has 0 aliphatic heterocycles. The van der Waals surface area contributed by atoms with E-state index in [1.807, 2.05) is 6.07 Å². The van der Waals surface area contributed by atoms with E-state index in [1.165, 1.54) is 5.56 Å². The van der Waals surface area contributed by atoms with Gasteiger partial charge in [0, 0.05) is 18.1 Å². The molecule has 0 saturated carbocycles.